The van der Waals surface area contributed by atoms with Gasteiger partial charge in [0.05, 0.1) is 5.69 Å². The zero-order valence-electron chi connectivity index (χ0n) is 14.0. The van der Waals surface area contributed by atoms with Crippen LogP contribution in [0.15, 0.2) is 54.9 Å². The molecule has 8 heteroatoms. The van der Waals surface area contributed by atoms with Gasteiger partial charge in [0.15, 0.2) is 0 Å². The van der Waals surface area contributed by atoms with Gasteiger partial charge in [0.2, 0.25) is 0 Å². The Balaban J connectivity index is 1.62. The molecule has 1 heterocycles. The molecule has 0 radical (unpaired) electrons. The van der Waals surface area contributed by atoms with E-state index < -0.39 is 17.5 Å². The highest BCUT2D eigenvalue weighted by atomic mass is 19.1. The number of carbonyl (C=O) groups is 1. The van der Waals surface area contributed by atoms with Crippen molar-refractivity contribution in [2.75, 3.05) is 17.2 Å². The Kier molecular flexibility index (Phi) is 5.65. The van der Waals surface area contributed by atoms with Crippen LogP contribution in [-0.2, 0) is 6.42 Å². The normalized spacial score (nSPS) is 10.5. The number of hydrogen-bond acceptors (Lipinski definition) is 4. The standard InChI is InChI=1S/C19H15F3N4O/c20-13-5-6-16(15(22)9-13)26-19(27)17-10-18(25-11-24-17)23-8-7-12-3-1-2-4-14(12)21/h1-6,9-11H,7-8H2,(H,26,27)(H,23,24,25). The minimum absolute atomic E-state index is 0.00196. The number of aromatic nitrogens is 2. The Bertz CT molecular complexity index is 965. The Labute approximate surface area is 153 Å². The van der Waals surface area contributed by atoms with E-state index in [1.165, 1.54) is 18.5 Å². The summed E-state index contributed by atoms with van der Waals surface area (Å²) in [6, 6.07) is 10.7. The molecule has 0 spiro atoms. The van der Waals surface area contributed by atoms with E-state index in [0.717, 1.165) is 12.1 Å². The molecule has 1 aromatic heterocycles. The molecule has 0 saturated heterocycles. The Morgan fingerprint density at radius 3 is 2.56 bits per heavy atom. The van der Waals surface area contributed by atoms with Crippen molar-refractivity contribution < 1.29 is 18.0 Å². The minimum Gasteiger partial charge on any atom is -0.370 e. The van der Waals surface area contributed by atoms with Crippen molar-refractivity contribution in [2.24, 2.45) is 0 Å². The van der Waals surface area contributed by atoms with Gasteiger partial charge in [-0.3, -0.25) is 4.79 Å². The van der Waals surface area contributed by atoms with E-state index >= 15 is 0 Å². The third kappa shape index (κ3) is 4.81. The lowest BCUT2D eigenvalue weighted by Gasteiger charge is -2.09. The zero-order chi connectivity index (χ0) is 19.2. The van der Waals surface area contributed by atoms with Gasteiger partial charge in [-0.1, -0.05) is 18.2 Å². The molecular weight excluding hydrogens is 357 g/mol. The van der Waals surface area contributed by atoms with Crippen molar-refractivity contribution in [3.63, 3.8) is 0 Å². The van der Waals surface area contributed by atoms with Gasteiger partial charge in [0.25, 0.3) is 5.91 Å². The average Bonchev–Trinajstić information content (AvgIpc) is 2.66. The van der Waals surface area contributed by atoms with E-state index in [-0.39, 0.29) is 17.2 Å². The van der Waals surface area contributed by atoms with Crippen LogP contribution in [0.3, 0.4) is 0 Å². The predicted molar refractivity (Wildman–Crippen MR) is 94.9 cm³/mol. The molecule has 27 heavy (non-hydrogen) atoms. The third-order valence-electron chi connectivity index (χ3n) is 3.74. The summed E-state index contributed by atoms with van der Waals surface area (Å²) in [5.74, 6) is -2.22. The highest BCUT2D eigenvalue weighted by Gasteiger charge is 2.12. The highest BCUT2D eigenvalue weighted by Crippen LogP contribution is 2.16. The monoisotopic (exact) mass is 372 g/mol. The van der Waals surface area contributed by atoms with Gasteiger partial charge in [-0.05, 0) is 30.2 Å². The molecule has 2 aromatic carbocycles. The van der Waals surface area contributed by atoms with Crippen LogP contribution in [0.25, 0.3) is 0 Å². The number of rotatable bonds is 6. The largest absolute Gasteiger partial charge is 0.370 e. The quantitative estimate of drug-likeness (QED) is 0.691. The summed E-state index contributed by atoms with van der Waals surface area (Å²) < 4.78 is 40.1. The highest BCUT2D eigenvalue weighted by molar-refractivity contribution is 6.03. The first-order valence-corrected chi connectivity index (χ1v) is 8.08. The molecule has 0 saturated carbocycles. The van der Waals surface area contributed by atoms with Gasteiger partial charge >= 0.3 is 0 Å². The van der Waals surface area contributed by atoms with Gasteiger partial charge in [0, 0.05) is 18.7 Å². The molecule has 2 N–H and O–H groups in total. The second-order valence-electron chi connectivity index (χ2n) is 5.63. The number of halogens is 3. The van der Waals surface area contributed by atoms with Crippen LogP contribution >= 0.6 is 0 Å². The number of amides is 1. The van der Waals surface area contributed by atoms with E-state index in [9.17, 15) is 18.0 Å². The number of nitrogens with zero attached hydrogens (tertiary/aromatic N) is 2. The molecule has 5 nitrogen and oxygen atoms in total. The van der Waals surface area contributed by atoms with Crippen molar-refractivity contribution in [3.05, 3.63) is 83.6 Å². The molecule has 0 aliphatic carbocycles. The lowest BCUT2D eigenvalue weighted by Crippen LogP contribution is -2.16. The summed E-state index contributed by atoms with van der Waals surface area (Å²) in [5.41, 5.74) is 0.403. The van der Waals surface area contributed by atoms with E-state index in [2.05, 4.69) is 20.6 Å². The summed E-state index contributed by atoms with van der Waals surface area (Å²) in [6.45, 7) is 0.394. The van der Waals surface area contributed by atoms with Crippen molar-refractivity contribution in [1.29, 1.82) is 0 Å². The lowest BCUT2D eigenvalue weighted by atomic mass is 10.1. The van der Waals surface area contributed by atoms with Gasteiger partial charge in [-0.25, -0.2) is 23.1 Å². The Morgan fingerprint density at radius 2 is 1.78 bits per heavy atom. The number of anilines is 2. The van der Waals surface area contributed by atoms with Crippen LogP contribution in [0, 0.1) is 17.5 Å². The zero-order valence-corrected chi connectivity index (χ0v) is 14.0. The minimum atomic E-state index is -0.888. The second-order valence-corrected chi connectivity index (χ2v) is 5.63. The fourth-order valence-electron chi connectivity index (χ4n) is 2.38. The van der Waals surface area contributed by atoms with Crippen LogP contribution in [-0.4, -0.2) is 22.4 Å². The van der Waals surface area contributed by atoms with Gasteiger partial charge < -0.3 is 10.6 Å². The predicted octanol–water partition coefficient (Wildman–Crippen LogP) is 3.80. The number of benzene rings is 2. The van der Waals surface area contributed by atoms with Gasteiger partial charge in [-0.2, -0.15) is 0 Å². The van der Waals surface area contributed by atoms with Crippen LogP contribution in [0.5, 0.6) is 0 Å². The first-order chi connectivity index (χ1) is 13.0. The molecule has 3 aromatic rings. The van der Waals surface area contributed by atoms with Crippen LogP contribution in [0.2, 0.25) is 0 Å². The summed E-state index contributed by atoms with van der Waals surface area (Å²) in [5, 5.41) is 5.30. The van der Waals surface area contributed by atoms with E-state index in [4.69, 9.17) is 0 Å². The average molecular weight is 372 g/mol. The van der Waals surface area contributed by atoms with E-state index in [0.29, 0.717) is 30.4 Å². The van der Waals surface area contributed by atoms with Gasteiger partial charge in [0.1, 0.15) is 35.3 Å². The molecule has 0 fully saturated rings. The third-order valence-corrected chi connectivity index (χ3v) is 3.74. The second kappa shape index (κ2) is 8.31. The first-order valence-electron chi connectivity index (χ1n) is 8.08. The molecule has 3 rings (SSSR count). The number of hydrogen-bond donors (Lipinski definition) is 2. The Morgan fingerprint density at radius 1 is 0.963 bits per heavy atom. The molecule has 0 bridgehead atoms. The van der Waals surface area contributed by atoms with Crippen molar-refractivity contribution in [2.45, 2.75) is 6.42 Å². The smallest absolute Gasteiger partial charge is 0.274 e. The van der Waals surface area contributed by atoms with Crippen LogP contribution in [0.1, 0.15) is 16.1 Å². The summed E-state index contributed by atoms with van der Waals surface area (Å²) in [6.07, 6.45) is 1.61. The van der Waals surface area contributed by atoms with Crippen LogP contribution in [0.4, 0.5) is 24.7 Å². The maximum absolute atomic E-state index is 13.6. The van der Waals surface area contributed by atoms with E-state index in [1.807, 2.05) is 0 Å². The topological polar surface area (TPSA) is 66.9 Å². The molecule has 0 unspecified atom stereocenters. The van der Waals surface area contributed by atoms with Crippen molar-refractivity contribution >= 4 is 17.4 Å². The molecule has 0 aliphatic heterocycles. The summed E-state index contributed by atoms with van der Waals surface area (Å²) >= 11 is 0. The van der Waals surface area contributed by atoms with E-state index in [1.54, 1.807) is 18.2 Å². The number of nitrogens with one attached hydrogen (secondary N) is 2. The molecule has 0 aliphatic rings. The molecule has 1 amide bonds. The van der Waals surface area contributed by atoms with Crippen molar-refractivity contribution in [1.82, 2.24) is 9.97 Å². The maximum Gasteiger partial charge on any atom is 0.274 e. The SMILES string of the molecule is O=C(Nc1ccc(F)cc1F)c1cc(NCCc2ccccc2F)ncn1. The summed E-state index contributed by atoms with van der Waals surface area (Å²) in [4.78, 5) is 20.0. The van der Waals surface area contributed by atoms with Crippen molar-refractivity contribution in [3.8, 4) is 0 Å². The maximum atomic E-state index is 13.6. The first kappa shape index (κ1) is 18.4. The summed E-state index contributed by atoms with van der Waals surface area (Å²) in [7, 11) is 0. The van der Waals surface area contributed by atoms with Crippen LogP contribution < -0.4 is 10.6 Å². The Hall–Kier alpha value is -3.42. The molecule has 138 valence electrons. The van der Waals surface area contributed by atoms with Gasteiger partial charge in [-0.15, -0.1) is 0 Å². The molecular formula is C19H15F3N4O. The molecule has 0 atom stereocenters. The number of carbonyl (C=O) groups excluding carboxylic acids is 1. The lowest BCUT2D eigenvalue weighted by molar-refractivity contribution is 0.102. The fraction of sp³-hybridized carbons (Fsp3) is 0.105. The fourth-order valence-corrected chi connectivity index (χ4v) is 2.38.